The molecule has 0 fully saturated rings. The molecule has 6 nitrogen and oxygen atoms in total. The molecular weight excluding hydrogens is 315 g/mol. The normalized spacial score (nSPS) is 10.6. The zero-order chi connectivity index (χ0) is 14.1. The highest BCUT2D eigenvalue weighted by Crippen LogP contribution is 2.03. The van der Waals surface area contributed by atoms with E-state index in [4.69, 9.17) is 5.73 Å². The quantitative estimate of drug-likeness (QED) is 0.702. The number of nitrogens with two attached hydrogens (primary N) is 1. The zero-order valence-corrected chi connectivity index (χ0v) is 13.5. The van der Waals surface area contributed by atoms with Crippen molar-refractivity contribution in [2.45, 2.75) is 32.2 Å². The molecule has 0 spiro atoms. The minimum Gasteiger partial charge on any atom is -0.356 e. The molecule has 21 heavy (non-hydrogen) atoms. The fourth-order valence-electron chi connectivity index (χ4n) is 1.42. The molecule has 0 saturated heterocycles. The van der Waals surface area contributed by atoms with Crippen LogP contribution in [0.3, 0.4) is 0 Å². The standard InChI is InChI=1S/C13H20N4O2.2ClH/c1-10(14)2-3-12(18)16-9-6-13(19)17-11-4-7-15-8-5-11;;/h4-5,7-8,10H,2-3,6,9,14H2,1H3,(H,16,18)(H,15,17,19);2*1H. The van der Waals surface area contributed by atoms with Crippen LogP contribution < -0.4 is 16.4 Å². The largest absolute Gasteiger partial charge is 0.356 e. The molecule has 8 heteroatoms. The Hall–Kier alpha value is -1.37. The number of halogens is 2. The average Bonchev–Trinajstić information content (AvgIpc) is 2.37. The van der Waals surface area contributed by atoms with Crippen molar-refractivity contribution in [3.63, 3.8) is 0 Å². The second-order valence-electron chi connectivity index (χ2n) is 4.40. The molecule has 1 unspecified atom stereocenters. The summed E-state index contributed by atoms with van der Waals surface area (Å²) in [7, 11) is 0. The van der Waals surface area contributed by atoms with Crippen molar-refractivity contribution in [3.05, 3.63) is 24.5 Å². The van der Waals surface area contributed by atoms with E-state index in [-0.39, 0.29) is 49.1 Å². The molecule has 0 aliphatic carbocycles. The minimum atomic E-state index is -0.140. The van der Waals surface area contributed by atoms with Crippen LogP contribution >= 0.6 is 24.8 Å². The summed E-state index contributed by atoms with van der Waals surface area (Å²) >= 11 is 0. The van der Waals surface area contributed by atoms with E-state index in [9.17, 15) is 9.59 Å². The molecule has 0 aromatic carbocycles. The van der Waals surface area contributed by atoms with E-state index >= 15 is 0 Å². The van der Waals surface area contributed by atoms with Gasteiger partial charge in [0, 0.05) is 43.5 Å². The summed E-state index contributed by atoms with van der Waals surface area (Å²) in [6.45, 7) is 2.18. The van der Waals surface area contributed by atoms with E-state index < -0.39 is 0 Å². The molecule has 0 saturated carbocycles. The Balaban J connectivity index is 0. The Kier molecular flexibility index (Phi) is 12.9. The third-order valence-corrected chi connectivity index (χ3v) is 2.47. The zero-order valence-electron chi connectivity index (χ0n) is 11.9. The number of amides is 2. The molecule has 1 aromatic heterocycles. The Morgan fingerprint density at radius 1 is 1.19 bits per heavy atom. The predicted molar refractivity (Wildman–Crippen MR) is 87.9 cm³/mol. The Morgan fingerprint density at radius 3 is 2.38 bits per heavy atom. The van der Waals surface area contributed by atoms with Crippen molar-refractivity contribution >= 4 is 42.3 Å². The number of anilines is 1. The Bertz CT molecular complexity index is 416. The van der Waals surface area contributed by atoms with Gasteiger partial charge in [0.05, 0.1) is 0 Å². The lowest BCUT2D eigenvalue weighted by Gasteiger charge is -2.07. The summed E-state index contributed by atoms with van der Waals surface area (Å²) in [5.41, 5.74) is 6.25. The van der Waals surface area contributed by atoms with Gasteiger partial charge in [-0.25, -0.2) is 0 Å². The topological polar surface area (TPSA) is 97.1 Å². The second kappa shape index (κ2) is 12.4. The van der Waals surface area contributed by atoms with Crippen molar-refractivity contribution < 1.29 is 9.59 Å². The van der Waals surface area contributed by atoms with Gasteiger partial charge in [0.1, 0.15) is 0 Å². The number of pyridine rings is 1. The number of rotatable bonds is 7. The Labute approximate surface area is 137 Å². The second-order valence-corrected chi connectivity index (χ2v) is 4.40. The molecular formula is C13H22Cl2N4O2. The first-order chi connectivity index (χ1) is 9.08. The van der Waals surface area contributed by atoms with Gasteiger partial charge in [0.15, 0.2) is 0 Å². The Morgan fingerprint density at radius 2 is 1.81 bits per heavy atom. The van der Waals surface area contributed by atoms with Crippen LogP contribution in [0.2, 0.25) is 0 Å². The summed E-state index contributed by atoms with van der Waals surface area (Å²) in [6, 6.07) is 3.43. The van der Waals surface area contributed by atoms with Gasteiger partial charge in [-0.2, -0.15) is 0 Å². The number of carbonyl (C=O) groups is 2. The van der Waals surface area contributed by atoms with E-state index in [1.807, 2.05) is 6.92 Å². The minimum absolute atomic E-state index is 0. The average molecular weight is 337 g/mol. The first-order valence-corrected chi connectivity index (χ1v) is 6.30. The lowest BCUT2D eigenvalue weighted by Crippen LogP contribution is -2.29. The molecule has 1 rings (SSSR count). The highest BCUT2D eigenvalue weighted by atomic mass is 35.5. The smallest absolute Gasteiger partial charge is 0.226 e. The first-order valence-electron chi connectivity index (χ1n) is 6.30. The predicted octanol–water partition coefficient (Wildman–Crippen LogP) is 1.50. The summed E-state index contributed by atoms with van der Waals surface area (Å²) in [5.74, 6) is -0.215. The van der Waals surface area contributed by atoms with E-state index in [0.29, 0.717) is 25.1 Å². The first kappa shape index (κ1) is 21.9. The van der Waals surface area contributed by atoms with Crippen molar-refractivity contribution in [1.29, 1.82) is 0 Å². The van der Waals surface area contributed by atoms with Crippen molar-refractivity contribution in [2.75, 3.05) is 11.9 Å². The van der Waals surface area contributed by atoms with Crippen LogP contribution in [-0.2, 0) is 9.59 Å². The number of carbonyl (C=O) groups excluding carboxylic acids is 2. The maximum atomic E-state index is 11.6. The lowest BCUT2D eigenvalue weighted by molar-refractivity contribution is -0.121. The van der Waals surface area contributed by atoms with Crippen molar-refractivity contribution in [2.24, 2.45) is 5.73 Å². The molecule has 0 aliphatic rings. The van der Waals surface area contributed by atoms with Crippen LogP contribution in [0.15, 0.2) is 24.5 Å². The number of aromatic nitrogens is 1. The van der Waals surface area contributed by atoms with Gasteiger partial charge in [0.2, 0.25) is 11.8 Å². The third kappa shape index (κ3) is 11.0. The maximum Gasteiger partial charge on any atom is 0.226 e. The monoisotopic (exact) mass is 336 g/mol. The summed E-state index contributed by atoms with van der Waals surface area (Å²) in [4.78, 5) is 26.8. The van der Waals surface area contributed by atoms with Crippen LogP contribution in [0.4, 0.5) is 5.69 Å². The van der Waals surface area contributed by atoms with E-state index in [0.717, 1.165) is 0 Å². The van der Waals surface area contributed by atoms with Crippen LogP contribution in [0.25, 0.3) is 0 Å². The van der Waals surface area contributed by atoms with Gasteiger partial charge in [-0.15, -0.1) is 24.8 Å². The fraction of sp³-hybridized carbons (Fsp3) is 0.462. The molecule has 0 bridgehead atoms. The number of nitrogens with zero attached hydrogens (tertiary/aromatic N) is 1. The van der Waals surface area contributed by atoms with E-state index in [2.05, 4.69) is 15.6 Å². The summed E-state index contributed by atoms with van der Waals surface area (Å²) in [5, 5.41) is 5.40. The van der Waals surface area contributed by atoms with Crippen LogP contribution in [0.1, 0.15) is 26.2 Å². The van der Waals surface area contributed by atoms with Gasteiger partial charge in [-0.3, -0.25) is 14.6 Å². The SMILES string of the molecule is CC(N)CCC(=O)NCCC(=O)Nc1ccncc1.Cl.Cl. The summed E-state index contributed by atoms with van der Waals surface area (Å²) < 4.78 is 0. The maximum absolute atomic E-state index is 11.6. The molecule has 0 radical (unpaired) electrons. The molecule has 0 aliphatic heterocycles. The lowest BCUT2D eigenvalue weighted by atomic mass is 10.2. The van der Waals surface area contributed by atoms with Gasteiger partial charge < -0.3 is 16.4 Å². The molecule has 2 amide bonds. The van der Waals surface area contributed by atoms with Gasteiger partial charge in [-0.1, -0.05) is 0 Å². The van der Waals surface area contributed by atoms with E-state index in [1.54, 1.807) is 24.5 Å². The van der Waals surface area contributed by atoms with Gasteiger partial charge >= 0.3 is 0 Å². The van der Waals surface area contributed by atoms with Crippen molar-refractivity contribution in [3.8, 4) is 0 Å². The van der Waals surface area contributed by atoms with Crippen molar-refractivity contribution in [1.82, 2.24) is 10.3 Å². The highest BCUT2D eigenvalue weighted by molar-refractivity contribution is 5.91. The molecule has 120 valence electrons. The van der Waals surface area contributed by atoms with E-state index in [1.165, 1.54) is 0 Å². The summed E-state index contributed by atoms with van der Waals surface area (Å²) in [6.07, 6.45) is 4.49. The third-order valence-electron chi connectivity index (χ3n) is 2.47. The fourth-order valence-corrected chi connectivity index (χ4v) is 1.42. The molecule has 1 aromatic rings. The van der Waals surface area contributed by atoms with Gasteiger partial charge in [0.25, 0.3) is 0 Å². The molecule has 1 heterocycles. The van der Waals surface area contributed by atoms with Crippen LogP contribution in [0, 0.1) is 0 Å². The van der Waals surface area contributed by atoms with Crippen LogP contribution in [-0.4, -0.2) is 29.4 Å². The number of hydrogen-bond acceptors (Lipinski definition) is 4. The number of hydrogen-bond donors (Lipinski definition) is 3. The van der Waals surface area contributed by atoms with Crippen LogP contribution in [0.5, 0.6) is 0 Å². The number of nitrogens with one attached hydrogen (secondary N) is 2. The van der Waals surface area contributed by atoms with Gasteiger partial charge in [-0.05, 0) is 25.5 Å². The highest BCUT2D eigenvalue weighted by Gasteiger charge is 2.05. The molecule has 4 N–H and O–H groups in total. The molecule has 1 atom stereocenters.